The van der Waals surface area contributed by atoms with Crippen molar-refractivity contribution in [2.24, 2.45) is 7.05 Å². The molecule has 1 aromatic carbocycles. The second kappa shape index (κ2) is 5.44. The van der Waals surface area contributed by atoms with E-state index >= 15 is 0 Å². The Morgan fingerprint density at radius 1 is 1.44 bits per heavy atom. The van der Waals surface area contributed by atoms with Crippen LogP contribution in [-0.2, 0) is 7.05 Å². The predicted molar refractivity (Wildman–Crippen MR) is 66.7 cm³/mol. The molecule has 2 rings (SSSR count). The van der Waals surface area contributed by atoms with Gasteiger partial charge in [-0.15, -0.1) is 0 Å². The smallest absolute Gasteiger partial charge is 0.230 e. The highest BCUT2D eigenvalue weighted by Gasteiger charge is 2.14. The molecule has 0 atom stereocenters. The number of carbonyl (C=O) groups excluding carboxylic acids is 1. The molecule has 0 saturated carbocycles. The van der Waals surface area contributed by atoms with Gasteiger partial charge in [0.25, 0.3) is 0 Å². The maximum atomic E-state index is 12.2. The van der Waals surface area contributed by atoms with Crippen molar-refractivity contribution in [1.29, 1.82) is 0 Å². The van der Waals surface area contributed by atoms with Crippen molar-refractivity contribution in [3.05, 3.63) is 42.0 Å². The van der Waals surface area contributed by atoms with E-state index in [1.165, 1.54) is 11.0 Å². The van der Waals surface area contributed by atoms with Gasteiger partial charge in [0.15, 0.2) is 5.82 Å². The SMILES string of the molecule is CCCOc1cccc(C(=O)c2ncnn2C)c1. The fourth-order valence-electron chi connectivity index (χ4n) is 1.58. The molecule has 0 unspecified atom stereocenters. The van der Waals surface area contributed by atoms with Gasteiger partial charge in [-0.05, 0) is 18.6 Å². The van der Waals surface area contributed by atoms with Gasteiger partial charge in [0.2, 0.25) is 5.78 Å². The summed E-state index contributed by atoms with van der Waals surface area (Å²) in [7, 11) is 1.69. The van der Waals surface area contributed by atoms with Crippen LogP contribution in [0, 0.1) is 0 Å². The Hall–Kier alpha value is -2.17. The van der Waals surface area contributed by atoms with Crippen molar-refractivity contribution in [3.63, 3.8) is 0 Å². The molecule has 1 aromatic heterocycles. The van der Waals surface area contributed by atoms with Gasteiger partial charge >= 0.3 is 0 Å². The van der Waals surface area contributed by atoms with E-state index in [9.17, 15) is 4.79 Å². The zero-order valence-corrected chi connectivity index (χ0v) is 10.5. The number of aryl methyl sites for hydroxylation is 1. The van der Waals surface area contributed by atoms with Gasteiger partial charge in [0, 0.05) is 12.6 Å². The summed E-state index contributed by atoms with van der Waals surface area (Å²) in [6.45, 7) is 2.68. The largest absolute Gasteiger partial charge is 0.494 e. The van der Waals surface area contributed by atoms with E-state index in [4.69, 9.17) is 4.74 Å². The Bertz CT molecular complexity index is 549. The van der Waals surface area contributed by atoms with Crippen LogP contribution >= 0.6 is 0 Å². The number of hydrogen-bond acceptors (Lipinski definition) is 4. The van der Waals surface area contributed by atoms with Crippen molar-refractivity contribution in [3.8, 4) is 5.75 Å². The van der Waals surface area contributed by atoms with E-state index in [-0.39, 0.29) is 5.78 Å². The van der Waals surface area contributed by atoms with Crippen LogP contribution in [0.1, 0.15) is 29.5 Å². The standard InChI is InChI=1S/C13H15N3O2/c1-3-7-18-11-6-4-5-10(8-11)12(17)13-14-9-15-16(13)2/h4-6,8-9H,3,7H2,1-2H3. The van der Waals surface area contributed by atoms with Gasteiger partial charge in [-0.1, -0.05) is 19.1 Å². The summed E-state index contributed by atoms with van der Waals surface area (Å²) in [6, 6.07) is 7.11. The van der Waals surface area contributed by atoms with Crippen LogP contribution in [0.5, 0.6) is 5.75 Å². The quantitative estimate of drug-likeness (QED) is 0.754. The number of ketones is 1. The third-order valence-electron chi connectivity index (χ3n) is 2.48. The molecule has 0 aliphatic rings. The third-order valence-corrected chi connectivity index (χ3v) is 2.48. The Labute approximate surface area is 105 Å². The second-order valence-corrected chi connectivity index (χ2v) is 3.91. The molecule has 0 radical (unpaired) electrons. The monoisotopic (exact) mass is 245 g/mol. The highest BCUT2D eigenvalue weighted by atomic mass is 16.5. The number of hydrogen-bond donors (Lipinski definition) is 0. The molecule has 0 N–H and O–H groups in total. The first-order valence-corrected chi connectivity index (χ1v) is 5.84. The Balaban J connectivity index is 2.23. The van der Waals surface area contributed by atoms with Gasteiger partial charge in [0.1, 0.15) is 12.1 Å². The molecule has 5 nitrogen and oxygen atoms in total. The molecule has 1 heterocycles. The zero-order valence-electron chi connectivity index (χ0n) is 10.5. The lowest BCUT2D eigenvalue weighted by molar-refractivity contribution is 0.102. The van der Waals surface area contributed by atoms with Crippen molar-refractivity contribution in [2.75, 3.05) is 6.61 Å². The molecular formula is C13H15N3O2. The number of benzene rings is 1. The Morgan fingerprint density at radius 2 is 2.28 bits per heavy atom. The lowest BCUT2D eigenvalue weighted by Crippen LogP contribution is -2.10. The van der Waals surface area contributed by atoms with Crippen molar-refractivity contribution >= 4 is 5.78 Å². The summed E-state index contributed by atoms with van der Waals surface area (Å²) in [4.78, 5) is 16.1. The van der Waals surface area contributed by atoms with E-state index in [1.54, 1.807) is 25.2 Å². The summed E-state index contributed by atoms with van der Waals surface area (Å²) in [6.07, 6.45) is 2.30. The van der Waals surface area contributed by atoms with Crippen LogP contribution in [0.2, 0.25) is 0 Å². The number of aromatic nitrogens is 3. The summed E-state index contributed by atoms with van der Waals surface area (Å²) < 4.78 is 6.96. The first-order valence-electron chi connectivity index (χ1n) is 5.84. The van der Waals surface area contributed by atoms with Crippen molar-refractivity contribution in [1.82, 2.24) is 14.8 Å². The highest BCUT2D eigenvalue weighted by molar-refractivity contribution is 6.06. The molecule has 18 heavy (non-hydrogen) atoms. The first kappa shape index (κ1) is 12.3. The van der Waals surface area contributed by atoms with Gasteiger partial charge in [-0.25, -0.2) is 9.67 Å². The Morgan fingerprint density at radius 3 is 2.94 bits per heavy atom. The summed E-state index contributed by atoms with van der Waals surface area (Å²) >= 11 is 0. The second-order valence-electron chi connectivity index (χ2n) is 3.91. The molecule has 0 aliphatic heterocycles. The fraction of sp³-hybridized carbons (Fsp3) is 0.308. The molecule has 0 amide bonds. The lowest BCUT2D eigenvalue weighted by Gasteiger charge is -2.06. The summed E-state index contributed by atoms with van der Waals surface area (Å²) in [5.74, 6) is 0.865. The molecule has 0 spiro atoms. The van der Waals surface area contributed by atoms with Crippen molar-refractivity contribution in [2.45, 2.75) is 13.3 Å². The maximum Gasteiger partial charge on any atom is 0.230 e. The van der Waals surface area contributed by atoms with Crippen LogP contribution in [0.15, 0.2) is 30.6 Å². The van der Waals surface area contributed by atoms with Gasteiger partial charge in [-0.3, -0.25) is 4.79 Å². The average molecular weight is 245 g/mol. The molecule has 0 saturated heterocycles. The van der Waals surface area contributed by atoms with Crippen LogP contribution in [-0.4, -0.2) is 27.2 Å². The molecule has 0 bridgehead atoms. The molecule has 5 heteroatoms. The van der Waals surface area contributed by atoms with Crippen LogP contribution in [0.4, 0.5) is 0 Å². The van der Waals surface area contributed by atoms with Gasteiger partial charge in [-0.2, -0.15) is 5.10 Å². The minimum absolute atomic E-state index is 0.156. The summed E-state index contributed by atoms with van der Waals surface area (Å²) in [5, 5.41) is 3.89. The minimum Gasteiger partial charge on any atom is -0.494 e. The third kappa shape index (κ3) is 2.56. The molecule has 2 aromatic rings. The number of rotatable bonds is 5. The number of ether oxygens (including phenoxy) is 1. The molecule has 0 aliphatic carbocycles. The van der Waals surface area contributed by atoms with E-state index in [0.29, 0.717) is 23.7 Å². The fourth-order valence-corrected chi connectivity index (χ4v) is 1.58. The number of carbonyl (C=O) groups is 1. The predicted octanol–water partition coefficient (Wildman–Crippen LogP) is 1.83. The first-order chi connectivity index (χ1) is 8.72. The topological polar surface area (TPSA) is 57.0 Å². The molecule has 94 valence electrons. The zero-order chi connectivity index (χ0) is 13.0. The summed E-state index contributed by atoms with van der Waals surface area (Å²) in [5.41, 5.74) is 0.555. The van der Waals surface area contributed by atoms with E-state index < -0.39 is 0 Å². The minimum atomic E-state index is -0.156. The van der Waals surface area contributed by atoms with Crippen LogP contribution in [0.25, 0.3) is 0 Å². The molecule has 0 fully saturated rings. The maximum absolute atomic E-state index is 12.2. The van der Waals surface area contributed by atoms with Gasteiger partial charge < -0.3 is 4.74 Å². The average Bonchev–Trinajstić information content (AvgIpc) is 2.82. The van der Waals surface area contributed by atoms with Crippen LogP contribution < -0.4 is 4.74 Å². The lowest BCUT2D eigenvalue weighted by atomic mass is 10.1. The van der Waals surface area contributed by atoms with Crippen molar-refractivity contribution < 1.29 is 9.53 Å². The normalized spacial score (nSPS) is 10.3. The van der Waals surface area contributed by atoms with E-state index in [2.05, 4.69) is 10.1 Å². The van der Waals surface area contributed by atoms with E-state index in [1.807, 2.05) is 13.0 Å². The van der Waals surface area contributed by atoms with Gasteiger partial charge in [0.05, 0.1) is 6.61 Å². The highest BCUT2D eigenvalue weighted by Crippen LogP contribution is 2.15. The number of nitrogens with zero attached hydrogens (tertiary/aromatic N) is 3. The van der Waals surface area contributed by atoms with Crippen LogP contribution in [0.3, 0.4) is 0 Å². The van der Waals surface area contributed by atoms with E-state index in [0.717, 1.165) is 6.42 Å². The Kier molecular flexibility index (Phi) is 3.72. The molecular weight excluding hydrogens is 230 g/mol.